The quantitative estimate of drug-likeness (QED) is 0.728. The molecule has 4 unspecified atom stereocenters. The number of aliphatic hydroxyl groups is 1. The summed E-state index contributed by atoms with van der Waals surface area (Å²) in [4.78, 5) is 0. The summed E-state index contributed by atoms with van der Waals surface area (Å²) >= 11 is 0. The molecule has 1 rings (SSSR count). The maximum absolute atomic E-state index is 10.1. The first-order chi connectivity index (χ1) is 7.19. The number of methoxy groups -OCH3 is 1. The molecule has 0 amide bonds. The summed E-state index contributed by atoms with van der Waals surface area (Å²) < 4.78 is 5.08. The Balaban J connectivity index is 2.40. The number of hydrogen-bond acceptors (Lipinski definition) is 3. The standard InChI is InChI=1S/C12H25NO2/c1-4-10-5-6-13-11(7-10)12(14)9(2)8-15-3/h9-14H,4-8H2,1-3H3. The molecule has 3 nitrogen and oxygen atoms in total. The molecule has 0 saturated carbocycles. The van der Waals surface area contributed by atoms with Gasteiger partial charge in [0.25, 0.3) is 0 Å². The largest absolute Gasteiger partial charge is 0.391 e. The van der Waals surface area contributed by atoms with Gasteiger partial charge in [-0.05, 0) is 25.3 Å². The van der Waals surface area contributed by atoms with Gasteiger partial charge in [-0.3, -0.25) is 0 Å². The van der Waals surface area contributed by atoms with Crippen molar-refractivity contribution in [1.29, 1.82) is 0 Å². The van der Waals surface area contributed by atoms with E-state index in [0.717, 1.165) is 18.9 Å². The van der Waals surface area contributed by atoms with Crippen LogP contribution in [-0.2, 0) is 4.74 Å². The van der Waals surface area contributed by atoms with Crippen LogP contribution < -0.4 is 5.32 Å². The van der Waals surface area contributed by atoms with Crippen molar-refractivity contribution >= 4 is 0 Å². The van der Waals surface area contributed by atoms with E-state index in [0.29, 0.717) is 6.61 Å². The molecular weight excluding hydrogens is 190 g/mol. The molecule has 0 aliphatic carbocycles. The molecule has 0 aromatic carbocycles. The Kier molecular flexibility index (Phi) is 5.58. The first-order valence-corrected chi connectivity index (χ1v) is 6.09. The number of aliphatic hydroxyl groups excluding tert-OH is 1. The van der Waals surface area contributed by atoms with E-state index in [-0.39, 0.29) is 18.1 Å². The van der Waals surface area contributed by atoms with E-state index in [2.05, 4.69) is 12.2 Å². The van der Waals surface area contributed by atoms with Gasteiger partial charge < -0.3 is 15.2 Å². The second-order valence-corrected chi connectivity index (χ2v) is 4.78. The third kappa shape index (κ3) is 3.74. The lowest BCUT2D eigenvalue weighted by Gasteiger charge is -2.35. The minimum Gasteiger partial charge on any atom is -0.391 e. The SMILES string of the molecule is CCC1CCNC(C(O)C(C)COC)C1. The second-order valence-electron chi connectivity index (χ2n) is 4.78. The van der Waals surface area contributed by atoms with Gasteiger partial charge >= 0.3 is 0 Å². The van der Waals surface area contributed by atoms with E-state index < -0.39 is 0 Å². The van der Waals surface area contributed by atoms with Crippen molar-refractivity contribution in [3.8, 4) is 0 Å². The average Bonchev–Trinajstić information content (AvgIpc) is 2.28. The van der Waals surface area contributed by atoms with Gasteiger partial charge in [0.15, 0.2) is 0 Å². The van der Waals surface area contributed by atoms with Crippen LogP contribution in [-0.4, -0.2) is 37.5 Å². The highest BCUT2D eigenvalue weighted by atomic mass is 16.5. The highest BCUT2D eigenvalue weighted by molar-refractivity contribution is 4.85. The minimum absolute atomic E-state index is 0.211. The smallest absolute Gasteiger partial charge is 0.0740 e. The Hall–Kier alpha value is -0.120. The molecule has 1 fully saturated rings. The van der Waals surface area contributed by atoms with Gasteiger partial charge in [0.2, 0.25) is 0 Å². The molecule has 0 bridgehead atoms. The van der Waals surface area contributed by atoms with Crippen molar-refractivity contribution in [1.82, 2.24) is 5.32 Å². The van der Waals surface area contributed by atoms with Crippen molar-refractivity contribution in [2.24, 2.45) is 11.8 Å². The van der Waals surface area contributed by atoms with Gasteiger partial charge in [-0.1, -0.05) is 20.3 Å². The van der Waals surface area contributed by atoms with Crippen LogP contribution >= 0.6 is 0 Å². The van der Waals surface area contributed by atoms with Gasteiger partial charge in [-0.15, -0.1) is 0 Å². The van der Waals surface area contributed by atoms with E-state index in [9.17, 15) is 5.11 Å². The molecule has 0 aromatic heterocycles. The number of rotatable bonds is 5. The van der Waals surface area contributed by atoms with E-state index in [1.165, 1.54) is 12.8 Å². The molecule has 15 heavy (non-hydrogen) atoms. The molecule has 90 valence electrons. The van der Waals surface area contributed by atoms with E-state index in [1.54, 1.807) is 7.11 Å². The minimum atomic E-state index is -0.278. The second kappa shape index (κ2) is 6.46. The van der Waals surface area contributed by atoms with Crippen LogP contribution in [0.1, 0.15) is 33.1 Å². The summed E-state index contributed by atoms with van der Waals surface area (Å²) in [6, 6.07) is 0.258. The third-order valence-corrected chi connectivity index (χ3v) is 3.55. The van der Waals surface area contributed by atoms with Crippen LogP contribution in [0.4, 0.5) is 0 Å². The molecule has 1 heterocycles. The first-order valence-electron chi connectivity index (χ1n) is 6.09. The van der Waals surface area contributed by atoms with Crippen molar-refractivity contribution in [3.05, 3.63) is 0 Å². The summed E-state index contributed by atoms with van der Waals surface area (Å²) in [7, 11) is 1.69. The van der Waals surface area contributed by atoms with Gasteiger partial charge in [0.05, 0.1) is 12.7 Å². The highest BCUT2D eigenvalue weighted by Gasteiger charge is 2.29. The average molecular weight is 215 g/mol. The molecule has 0 spiro atoms. The third-order valence-electron chi connectivity index (χ3n) is 3.55. The lowest BCUT2D eigenvalue weighted by Crippen LogP contribution is -2.48. The summed E-state index contributed by atoms with van der Waals surface area (Å²) in [5.74, 6) is 0.990. The Labute approximate surface area is 93.2 Å². The molecule has 1 aliphatic heterocycles. The predicted molar refractivity (Wildman–Crippen MR) is 61.9 cm³/mol. The molecule has 3 heteroatoms. The maximum Gasteiger partial charge on any atom is 0.0740 e. The summed E-state index contributed by atoms with van der Waals surface area (Å²) in [5.41, 5.74) is 0. The Morgan fingerprint density at radius 1 is 1.53 bits per heavy atom. The van der Waals surface area contributed by atoms with E-state index >= 15 is 0 Å². The molecular formula is C12H25NO2. The van der Waals surface area contributed by atoms with Gasteiger partial charge in [-0.2, -0.15) is 0 Å². The molecule has 1 aliphatic rings. The fourth-order valence-electron chi connectivity index (χ4n) is 2.42. The monoisotopic (exact) mass is 215 g/mol. The molecule has 2 N–H and O–H groups in total. The summed E-state index contributed by atoms with van der Waals surface area (Å²) in [6.07, 6.45) is 3.30. The fourth-order valence-corrected chi connectivity index (χ4v) is 2.42. The van der Waals surface area contributed by atoms with Crippen LogP contribution in [0.3, 0.4) is 0 Å². The van der Waals surface area contributed by atoms with Crippen LogP contribution in [0.15, 0.2) is 0 Å². The van der Waals surface area contributed by atoms with Gasteiger partial charge in [0.1, 0.15) is 0 Å². The zero-order valence-corrected chi connectivity index (χ0v) is 10.2. The van der Waals surface area contributed by atoms with Crippen LogP contribution in [0.2, 0.25) is 0 Å². The maximum atomic E-state index is 10.1. The normalized spacial score (nSPS) is 31.2. The number of ether oxygens (including phenoxy) is 1. The highest BCUT2D eigenvalue weighted by Crippen LogP contribution is 2.23. The number of hydrogen-bond donors (Lipinski definition) is 2. The molecule has 4 atom stereocenters. The van der Waals surface area contributed by atoms with Crippen molar-refractivity contribution in [2.75, 3.05) is 20.3 Å². The Morgan fingerprint density at radius 2 is 2.27 bits per heavy atom. The number of piperidine rings is 1. The van der Waals surface area contributed by atoms with Crippen LogP contribution in [0.5, 0.6) is 0 Å². The zero-order valence-electron chi connectivity index (χ0n) is 10.2. The van der Waals surface area contributed by atoms with Crippen molar-refractivity contribution in [3.63, 3.8) is 0 Å². The first kappa shape index (κ1) is 12.9. The van der Waals surface area contributed by atoms with Gasteiger partial charge in [0, 0.05) is 19.1 Å². The van der Waals surface area contributed by atoms with Crippen LogP contribution in [0.25, 0.3) is 0 Å². The number of nitrogens with one attached hydrogen (secondary N) is 1. The molecule has 0 radical (unpaired) electrons. The van der Waals surface area contributed by atoms with Crippen molar-refractivity contribution < 1.29 is 9.84 Å². The topological polar surface area (TPSA) is 41.5 Å². The summed E-state index contributed by atoms with van der Waals surface area (Å²) in [6.45, 7) is 5.96. The van der Waals surface area contributed by atoms with E-state index in [1.807, 2.05) is 6.92 Å². The molecule has 1 saturated heterocycles. The Bertz CT molecular complexity index is 175. The van der Waals surface area contributed by atoms with Crippen LogP contribution in [0, 0.1) is 11.8 Å². The Morgan fingerprint density at radius 3 is 2.87 bits per heavy atom. The lowest BCUT2D eigenvalue weighted by atomic mass is 9.85. The van der Waals surface area contributed by atoms with E-state index in [4.69, 9.17) is 4.74 Å². The van der Waals surface area contributed by atoms with Crippen molar-refractivity contribution in [2.45, 2.75) is 45.3 Å². The zero-order chi connectivity index (χ0) is 11.3. The summed E-state index contributed by atoms with van der Waals surface area (Å²) in [5, 5.41) is 13.6. The lowest BCUT2D eigenvalue weighted by molar-refractivity contribution is 0.0190. The predicted octanol–water partition coefficient (Wildman–Crippen LogP) is 1.41. The molecule has 0 aromatic rings. The fraction of sp³-hybridized carbons (Fsp3) is 1.00. The van der Waals surface area contributed by atoms with Gasteiger partial charge in [-0.25, -0.2) is 0 Å².